The Kier molecular flexibility index (Phi) is 4.88. The molecule has 3 nitrogen and oxygen atoms in total. The van der Waals surface area contributed by atoms with Gasteiger partial charge < -0.3 is 11.1 Å². The summed E-state index contributed by atoms with van der Waals surface area (Å²) in [4.78, 5) is 4.24. The molecular weight excluding hydrogens is 254 g/mol. The molecular formula is C11H18BrN3. The molecule has 0 aliphatic carbocycles. The molecule has 4 heteroatoms. The van der Waals surface area contributed by atoms with Crippen molar-refractivity contribution >= 4 is 27.4 Å². The molecule has 0 unspecified atom stereocenters. The largest absolute Gasteiger partial charge is 0.397 e. The van der Waals surface area contributed by atoms with E-state index >= 15 is 0 Å². The summed E-state index contributed by atoms with van der Waals surface area (Å²) < 4.78 is 0.924. The number of rotatable bonds is 5. The van der Waals surface area contributed by atoms with Gasteiger partial charge in [-0.3, -0.25) is 0 Å². The highest BCUT2D eigenvalue weighted by Gasteiger charge is 2.05. The average molecular weight is 272 g/mol. The molecule has 0 aliphatic rings. The summed E-state index contributed by atoms with van der Waals surface area (Å²) in [6, 6.07) is 1.86. The first-order chi connectivity index (χ1) is 7.17. The summed E-state index contributed by atoms with van der Waals surface area (Å²) in [5.41, 5.74) is 6.29. The van der Waals surface area contributed by atoms with E-state index in [0.29, 0.717) is 11.6 Å². The zero-order valence-electron chi connectivity index (χ0n) is 9.26. The van der Waals surface area contributed by atoms with Gasteiger partial charge in [0, 0.05) is 6.54 Å². The molecule has 1 aromatic rings. The van der Waals surface area contributed by atoms with E-state index in [9.17, 15) is 0 Å². The van der Waals surface area contributed by atoms with Gasteiger partial charge in [-0.1, -0.05) is 26.7 Å². The van der Waals surface area contributed by atoms with E-state index in [4.69, 9.17) is 5.73 Å². The molecule has 3 N–H and O–H groups in total. The van der Waals surface area contributed by atoms with Crippen LogP contribution >= 0.6 is 15.9 Å². The van der Waals surface area contributed by atoms with E-state index in [1.54, 1.807) is 6.20 Å². The number of nitrogen functional groups attached to an aromatic ring is 1. The molecule has 1 aromatic heterocycles. The molecule has 0 spiro atoms. The lowest BCUT2D eigenvalue weighted by atomic mass is 10.0. The summed E-state index contributed by atoms with van der Waals surface area (Å²) in [5.74, 6) is 1.58. The van der Waals surface area contributed by atoms with Crippen LogP contribution in [0.15, 0.2) is 16.7 Å². The van der Waals surface area contributed by atoms with Crippen LogP contribution in [0, 0.1) is 5.92 Å². The van der Waals surface area contributed by atoms with Crippen LogP contribution in [-0.2, 0) is 0 Å². The Morgan fingerprint density at radius 1 is 1.47 bits per heavy atom. The molecule has 1 heterocycles. The van der Waals surface area contributed by atoms with Crippen LogP contribution in [0.1, 0.15) is 26.7 Å². The van der Waals surface area contributed by atoms with Gasteiger partial charge >= 0.3 is 0 Å². The smallest absolute Gasteiger partial charge is 0.140 e. The molecule has 0 amide bonds. The van der Waals surface area contributed by atoms with Gasteiger partial charge in [-0.15, -0.1) is 0 Å². The number of aromatic nitrogens is 1. The fourth-order valence-electron chi connectivity index (χ4n) is 1.40. The van der Waals surface area contributed by atoms with Gasteiger partial charge in [0.15, 0.2) is 0 Å². The van der Waals surface area contributed by atoms with Crippen molar-refractivity contribution in [3.05, 3.63) is 16.7 Å². The first-order valence-electron chi connectivity index (χ1n) is 5.32. The zero-order valence-corrected chi connectivity index (χ0v) is 10.8. The Hall–Kier alpha value is -0.770. The number of anilines is 2. The van der Waals surface area contributed by atoms with Crippen LogP contribution in [0.25, 0.3) is 0 Å². The summed E-state index contributed by atoms with van der Waals surface area (Å²) in [6.07, 6.45) is 4.05. The maximum atomic E-state index is 5.62. The first-order valence-corrected chi connectivity index (χ1v) is 6.11. The molecule has 15 heavy (non-hydrogen) atoms. The number of pyridine rings is 1. The number of nitrogens with zero attached hydrogens (tertiary/aromatic N) is 1. The number of halogens is 1. The molecule has 0 aliphatic heterocycles. The van der Waals surface area contributed by atoms with Crippen molar-refractivity contribution in [3.8, 4) is 0 Å². The standard InChI is InChI=1S/C11H18BrN3/c1-3-8(4-2)6-14-11-10(12)5-9(13)7-15-11/h5,7-8H,3-4,6,13H2,1-2H3,(H,14,15). The van der Waals surface area contributed by atoms with Crippen molar-refractivity contribution in [2.75, 3.05) is 17.6 Å². The number of nitrogens with two attached hydrogens (primary N) is 1. The van der Waals surface area contributed by atoms with Gasteiger partial charge in [0.2, 0.25) is 0 Å². The van der Waals surface area contributed by atoms with Gasteiger partial charge in [-0.05, 0) is 27.9 Å². The minimum Gasteiger partial charge on any atom is -0.397 e. The fraction of sp³-hybridized carbons (Fsp3) is 0.545. The Bertz CT molecular complexity index is 311. The first kappa shape index (κ1) is 12.3. The lowest BCUT2D eigenvalue weighted by Crippen LogP contribution is -2.13. The second-order valence-electron chi connectivity index (χ2n) is 3.66. The minimum absolute atomic E-state index is 0.676. The van der Waals surface area contributed by atoms with E-state index < -0.39 is 0 Å². The van der Waals surface area contributed by atoms with Crippen molar-refractivity contribution in [1.29, 1.82) is 0 Å². The Morgan fingerprint density at radius 2 is 2.13 bits per heavy atom. The Balaban J connectivity index is 2.57. The number of hydrogen-bond donors (Lipinski definition) is 2. The van der Waals surface area contributed by atoms with Crippen molar-refractivity contribution in [2.45, 2.75) is 26.7 Å². The van der Waals surface area contributed by atoms with Crippen LogP contribution in [0.2, 0.25) is 0 Å². The lowest BCUT2D eigenvalue weighted by Gasteiger charge is -2.14. The van der Waals surface area contributed by atoms with E-state index in [0.717, 1.165) is 16.8 Å². The highest BCUT2D eigenvalue weighted by Crippen LogP contribution is 2.22. The number of hydrogen-bond acceptors (Lipinski definition) is 3. The maximum absolute atomic E-state index is 5.62. The van der Waals surface area contributed by atoms with Gasteiger partial charge in [0.05, 0.1) is 16.4 Å². The van der Waals surface area contributed by atoms with Gasteiger partial charge in [0.1, 0.15) is 5.82 Å². The van der Waals surface area contributed by atoms with Crippen molar-refractivity contribution < 1.29 is 0 Å². The SMILES string of the molecule is CCC(CC)CNc1ncc(N)cc1Br. The van der Waals surface area contributed by atoms with Crippen LogP contribution in [0.5, 0.6) is 0 Å². The van der Waals surface area contributed by atoms with Crippen LogP contribution in [0.4, 0.5) is 11.5 Å². The van der Waals surface area contributed by atoms with Crippen LogP contribution < -0.4 is 11.1 Å². The summed E-state index contributed by atoms with van der Waals surface area (Å²) in [6.45, 7) is 5.38. The monoisotopic (exact) mass is 271 g/mol. The van der Waals surface area contributed by atoms with Crippen molar-refractivity contribution in [2.24, 2.45) is 5.92 Å². The summed E-state index contributed by atoms with van der Waals surface area (Å²) >= 11 is 3.44. The van der Waals surface area contributed by atoms with Crippen molar-refractivity contribution in [3.63, 3.8) is 0 Å². The molecule has 0 bridgehead atoms. The molecule has 0 fully saturated rings. The lowest BCUT2D eigenvalue weighted by molar-refractivity contribution is 0.518. The molecule has 84 valence electrons. The highest BCUT2D eigenvalue weighted by atomic mass is 79.9. The third-order valence-corrected chi connectivity index (χ3v) is 3.18. The number of nitrogens with one attached hydrogen (secondary N) is 1. The van der Waals surface area contributed by atoms with Gasteiger partial charge in [0.25, 0.3) is 0 Å². The predicted molar refractivity (Wildman–Crippen MR) is 68.9 cm³/mol. The van der Waals surface area contributed by atoms with E-state index in [-0.39, 0.29) is 0 Å². The molecule has 0 saturated heterocycles. The van der Waals surface area contributed by atoms with E-state index in [1.165, 1.54) is 12.8 Å². The molecule has 0 aromatic carbocycles. The quantitative estimate of drug-likeness (QED) is 0.864. The molecule has 1 rings (SSSR count). The topological polar surface area (TPSA) is 50.9 Å². The van der Waals surface area contributed by atoms with E-state index in [1.807, 2.05) is 6.07 Å². The van der Waals surface area contributed by atoms with Crippen molar-refractivity contribution in [1.82, 2.24) is 4.98 Å². The molecule has 0 atom stereocenters. The molecule has 0 saturated carbocycles. The summed E-state index contributed by atoms with van der Waals surface area (Å²) in [7, 11) is 0. The van der Waals surface area contributed by atoms with E-state index in [2.05, 4.69) is 40.1 Å². The Labute approximate surface area is 99.6 Å². The normalized spacial score (nSPS) is 10.7. The summed E-state index contributed by atoms with van der Waals surface area (Å²) in [5, 5.41) is 3.33. The second-order valence-corrected chi connectivity index (χ2v) is 4.52. The average Bonchev–Trinajstić information content (AvgIpc) is 2.22. The molecule has 0 radical (unpaired) electrons. The predicted octanol–water partition coefficient (Wildman–Crippen LogP) is 3.27. The third-order valence-electron chi connectivity index (χ3n) is 2.58. The third kappa shape index (κ3) is 3.70. The zero-order chi connectivity index (χ0) is 11.3. The fourth-order valence-corrected chi connectivity index (χ4v) is 1.91. The van der Waals surface area contributed by atoms with Crippen LogP contribution in [0.3, 0.4) is 0 Å². The maximum Gasteiger partial charge on any atom is 0.140 e. The van der Waals surface area contributed by atoms with Gasteiger partial charge in [-0.25, -0.2) is 4.98 Å². The van der Waals surface area contributed by atoms with Gasteiger partial charge in [-0.2, -0.15) is 0 Å². The minimum atomic E-state index is 0.676. The Morgan fingerprint density at radius 3 is 2.67 bits per heavy atom. The highest BCUT2D eigenvalue weighted by molar-refractivity contribution is 9.10. The second kappa shape index (κ2) is 5.95. The van der Waals surface area contributed by atoms with Crippen LogP contribution in [-0.4, -0.2) is 11.5 Å².